The molecule has 17 heavy (non-hydrogen) atoms. The number of nitrogens with zero attached hydrogens (tertiary/aromatic N) is 1. The van der Waals surface area contributed by atoms with Gasteiger partial charge in [0.2, 0.25) is 0 Å². The van der Waals surface area contributed by atoms with Crippen molar-refractivity contribution in [1.29, 1.82) is 0 Å². The van der Waals surface area contributed by atoms with Crippen molar-refractivity contribution in [2.75, 3.05) is 26.8 Å². The predicted molar refractivity (Wildman–Crippen MR) is 64.4 cm³/mol. The molecule has 0 bridgehead atoms. The van der Waals surface area contributed by atoms with Crippen LogP contribution in [0, 0.1) is 0 Å². The minimum absolute atomic E-state index is 0.171. The van der Waals surface area contributed by atoms with Crippen molar-refractivity contribution in [2.24, 2.45) is 0 Å². The largest absolute Gasteiger partial charge is 0.486 e. The Balaban J connectivity index is 2.04. The van der Waals surface area contributed by atoms with Gasteiger partial charge in [0, 0.05) is 6.54 Å². The van der Waals surface area contributed by atoms with Crippen LogP contribution in [-0.4, -0.2) is 37.5 Å². The SMILES string of the molecule is CC(=O)CN(C)Cc1ccc2c(c1)OCCO2. The standard InChI is InChI=1S/C13H17NO3/c1-10(15)8-14(2)9-11-3-4-12-13(7-11)17-6-5-16-12/h3-4,7H,5-6,8-9H2,1-2H3. The number of hydrogen-bond acceptors (Lipinski definition) is 4. The zero-order valence-electron chi connectivity index (χ0n) is 10.2. The van der Waals surface area contributed by atoms with Crippen molar-refractivity contribution in [3.8, 4) is 11.5 Å². The third kappa shape index (κ3) is 3.20. The molecule has 0 amide bonds. The fourth-order valence-electron chi connectivity index (χ4n) is 1.93. The Morgan fingerprint density at radius 3 is 2.71 bits per heavy atom. The number of ketones is 1. The Kier molecular flexibility index (Phi) is 3.64. The van der Waals surface area contributed by atoms with E-state index < -0.39 is 0 Å². The third-order valence-electron chi connectivity index (χ3n) is 2.55. The molecular formula is C13H17NO3. The summed E-state index contributed by atoms with van der Waals surface area (Å²) in [4.78, 5) is 13.0. The lowest BCUT2D eigenvalue weighted by Gasteiger charge is -2.20. The molecule has 1 heterocycles. The van der Waals surface area contributed by atoms with Crippen molar-refractivity contribution < 1.29 is 14.3 Å². The smallest absolute Gasteiger partial charge is 0.161 e. The lowest BCUT2D eigenvalue weighted by atomic mass is 10.2. The number of hydrogen-bond donors (Lipinski definition) is 0. The minimum Gasteiger partial charge on any atom is -0.486 e. The van der Waals surface area contributed by atoms with E-state index in [0.717, 1.165) is 23.6 Å². The van der Waals surface area contributed by atoms with Crippen LogP contribution in [0.4, 0.5) is 0 Å². The number of benzene rings is 1. The average Bonchev–Trinajstić information content (AvgIpc) is 2.27. The van der Waals surface area contributed by atoms with Crippen molar-refractivity contribution in [2.45, 2.75) is 13.5 Å². The molecule has 92 valence electrons. The summed E-state index contributed by atoms with van der Waals surface area (Å²) in [5.41, 5.74) is 1.12. The molecule has 0 atom stereocenters. The van der Waals surface area contributed by atoms with E-state index in [0.29, 0.717) is 19.8 Å². The first-order valence-electron chi connectivity index (χ1n) is 5.71. The number of carbonyl (C=O) groups is 1. The minimum atomic E-state index is 0.171. The van der Waals surface area contributed by atoms with Crippen LogP contribution in [0.3, 0.4) is 0 Å². The molecule has 0 unspecified atom stereocenters. The number of rotatable bonds is 4. The van der Waals surface area contributed by atoms with Gasteiger partial charge in [0.05, 0.1) is 6.54 Å². The maximum atomic E-state index is 11.0. The van der Waals surface area contributed by atoms with Crippen molar-refractivity contribution >= 4 is 5.78 Å². The van der Waals surface area contributed by atoms with Gasteiger partial charge in [0.25, 0.3) is 0 Å². The Morgan fingerprint density at radius 2 is 2.00 bits per heavy atom. The van der Waals surface area contributed by atoms with Gasteiger partial charge in [-0.25, -0.2) is 0 Å². The van der Waals surface area contributed by atoms with Gasteiger partial charge in [-0.05, 0) is 31.7 Å². The van der Waals surface area contributed by atoms with Gasteiger partial charge in [-0.2, -0.15) is 0 Å². The van der Waals surface area contributed by atoms with Crippen LogP contribution in [0.25, 0.3) is 0 Å². The quantitative estimate of drug-likeness (QED) is 0.792. The summed E-state index contributed by atoms with van der Waals surface area (Å²) in [6.07, 6.45) is 0. The second-order valence-corrected chi connectivity index (χ2v) is 4.35. The third-order valence-corrected chi connectivity index (χ3v) is 2.55. The van der Waals surface area contributed by atoms with Gasteiger partial charge in [-0.1, -0.05) is 6.07 Å². The fourth-order valence-corrected chi connectivity index (χ4v) is 1.93. The molecule has 1 aromatic rings. The Labute approximate surface area is 101 Å². The van der Waals surface area contributed by atoms with Crippen LogP contribution in [-0.2, 0) is 11.3 Å². The second kappa shape index (κ2) is 5.19. The van der Waals surface area contributed by atoms with E-state index in [1.807, 2.05) is 30.1 Å². The number of carbonyl (C=O) groups excluding carboxylic acids is 1. The molecule has 4 nitrogen and oxygen atoms in total. The summed E-state index contributed by atoms with van der Waals surface area (Å²) in [6, 6.07) is 5.90. The molecule has 2 rings (SSSR count). The summed E-state index contributed by atoms with van der Waals surface area (Å²) in [5, 5.41) is 0. The molecule has 0 saturated carbocycles. The van der Waals surface area contributed by atoms with Gasteiger partial charge >= 0.3 is 0 Å². The van der Waals surface area contributed by atoms with Crippen LogP contribution < -0.4 is 9.47 Å². The normalized spacial score (nSPS) is 13.8. The first-order chi connectivity index (χ1) is 8.15. The molecule has 1 aliphatic heterocycles. The van der Waals surface area contributed by atoms with E-state index in [-0.39, 0.29) is 5.78 Å². The summed E-state index contributed by atoms with van der Waals surface area (Å²) >= 11 is 0. The fraction of sp³-hybridized carbons (Fsp3) is 0.462. The molecule has 0 radical (unpaired) electrons. The second-order valence-electron chi connectivity index (χ2n) is 4.35. The van der Waals surface area contributed by atoms with Gasteiger partial charge in [0.15, 0.2) is 11.5 Å². The number of fused-ring (bicyclic) bond motifs is 1. The Bertz CT molecular complexity index is 417. The molecule has 0 aliphatic carbocycles. The molecule has 1 aliphatic rings. The van der Waals surface area contributed by atoms with Crippen molar-refractivity contribution in [1.82, 2.24) is 4.90 Å². The van der Waals surface area contributed by atoms with E-state index in [2.05, 4.69) is 0 Å². The van der Waals surface area contributed by atoms with E-state index in [4.69, 9.17) is 9.47 Å². The van der Waals surface area contributed by atoms with Gasteiger partial charge in [-0.3, -0.25) is 9.69 Å². The van der Waals surface area contributed by atoms with E-state index in [9.17, 15) is 4.79 Å². The average molecular weight is 235 g/mol. The molecule has 0 N–H and O–H groups in total. The van der Waals surface area contributed by atoms with Crippen molar-refractivity contribution in [3.63, 3.8) is 0 Å². The molecule has 1 aromatic carbocycles. The summed E-state index contributed by atoms with van der Waals surface area (Å²) in [7, 11) is 1.93. The predicted octanol–water partition coefficient (Wildman–Crippen LogP) is 1.48. The van der Waals surface area contributed by atoms with Gasteiger partial charge in [0.1, 0.15) is 19.0 Å². The number of likely N-dealkylation sites (N-methyl/N-ethyl adjacent to an activating group) is 1. The molecule has 0 aromatic heterocycles. The summed E-state index contributed by atoms with van der Waals surface area (Å²) in [6.45, 7) is 4.00. The van der Waals surface area contributed by atoms with Crippen LogP contribution in [0.15, 0.2) is 18.2 Å². The van der Waals surface area contributed by atoms with Crippen LogP contribution in [0.1, 0.15) is 12.5 Å². The lowest BCUT2D eigenvalue weighted by Crippen LogP contribution is -2.24. The maximum absolute atomic E-state index is 11.0. The zero-order chi connectivity index (χ0) is 12.3. The van der Waals surface area contributed by atoms with Crippen LogP contribution in [0.5, 0.6) is 11.5 Å². The Morgan fingerprint density at radius 1 is 1.29 bits per heavy atom. The summed E-state index contributed by atoms with van der Waals surface area (Å²) in [5.74, 6) is 1.77. The highest BCUT2D eigenvalue weighted by Crippen LogP contribution is 2.30. The lowest BCUT2D eigenvalue weighted by molar-refractivity contribution is -0.117. The molecule has 4 heteroatoms. The summed E-state index contributed by atoms with van der Waals surface area (Å²) < 4.78 is 11.0. The molecule has 0 saturated heterocycles. The van der Waals surface area contributed by atoms with E-state index >= 15 is 0 Å². The zero-order valence-corrected chi connectivity index (χ0v) is 10.2. The monoisotopic (exact) mass is 235 g/mol. The highest BCUT2D eigenvalue weighted by molar-refractivity contribution is 5.77. The number of Topliss-reactive ketones (excluding diaryl/α,β-unsaturated/α-hetero) is 1. The van der Waals surface area contributed by atoms with E-state index in [1.165, 1.54) is 0 Å². The first-order valence-corrected chi connectivity index (χ1v) is 5.71. The highest BCUT2D eigenvalue weighted by Gasteiger charge is 2.12. The Hall–Kier alpha value is -1.55. The van der Waals surface area contributed by atoms with Crippen LogP contribution in [0.2, 0.25) is 0 Å². The molecular weight excluding hydrogens is 218 g/mol. The van der Waals surface area contributed by atoms with Crippen molar-refractivity contribution in [3.05, 3.63) is 23.8 Å². The molecule has 0 spiro atoms. The molecule has 0 fully saturated rings. The van der Waals surface area contributed by atoms with Gasteiger partial charge in [-0.15, -0.1) is 0 Å². The first kappa shape index (κ1) is 11.9. The van der Waals surface area contributed by atoms with Gasteiger partial charge < -0.3 is 9.47 Å². The number of ether oxygens (including phenoxy) is 2. The topological polar surface area (TPSA) is 38.8 Å². The van der Waals surface area contributed by atoms with E-state index in [1.54, 1.807) is 6.92 Å². The van der Waals surface area contributed by atoms with Crippen LogP contribution >= 0.6 is 0 Å². The maximum Gasteiger partial charge on any atom is 0.161 e. The highest BCUT2D eigenvalue weighted by atomic mass is 16.6.